The first kappa shape index (κ1) is 20.0. The number of nitrogens with zero attached hydrogens (tertiary/aromatic N) is 4. The molecule has 0 radical (unpaired) electrons. The maximum Gasteiger partial charge on any atom is 0.194 e. The summed E-state index contributed by atoms with van der Waals surface area (Å²) in [6, 6.07) is 10.8. The molecule has 0 unspecified atom stereocenters. The highest BCUT2D eigenvalue weighted by Crippen LogP contribution is 2.16. The van der Waals surface area contributed by atoms with Crippen LogP contribution in [0.5, 0.6) is 0 Å². The van der Waals surface area contributed by atoms with Gasteiger partial charge >= 0.3 is 0 Å². The van der Waals surface area contributed by atoms with E-state index >= 15 is 0 Å². The van der Waals surface area contributed by atoms with Crippen molar-refractivity contribution in [2.75, 3.05) is 33.7 Å². The van der Waals surface area contributed by atoms with Gasteiger partial charge in [0.15, 0.2) is 5.96 Å². The molecule has 0 saturated heterocycles. The predicted molar refractivity (Wildman–Crippen MR) is 109 cm³/mol. The molecule has 1 aromatic carbocycles. The summed E-state index contributed by atoms with van der Waals surface area (Å²) in [5, 5.41) is 3.36. The maximum atomic E-state index is 4.75. The van der Waals surface area contributed by atoms with Crippen LogP contribution in [0, 0.1) is 0 Å². The number of hydrogen-bond donors (Lipinski definition) is 2. The van der Waals surface area contributed by atoms with Crippen LogP contribution in [0.3, 0.4) is 0 Å². The van der Waals surface area contributed by atoms with Gasteiger partial charge in [0.1, 0.15) is 5.82 Å². The molecule has 6 nitrogen and oxygen atoms in total. The van der Waals surface area contributed by atoms with Crippen molar-refractivity contribution >= 4 is 5.96 Å². The molecule has 26 heavy (non-hydrogen) atoms. The van der Waals surface area contributed by atoms with E-state index < -0.39 is 0 Å². The summed E-state index contributed by atoms with van der Waals surface area (Å²) in [6.45, 7) is 9.72. The Hall–Kier alpha value is -2.34. The van der Waals surface area contributed by atoms with E-state index in [1.54, 1.807) is 0 Å². The van der Waals surface area contributed by atoms with Gasteiger partial charge in [-0.1, -0.05) is 30.3 Å². The summed E-state index contributed by atoms with van der Waals surface area (Å²) in [6.07, 6.45) is 1.89. The van der Waals surface area contributed by atoms with E-state index in [9.17, 15) is 0 Å². The number of aromatic amines is 1. The smallest absolute Gasteiger partial charge is 0.194 e. The average molecular weight is 357 g/mol. The minimum absolute atomic E-state index is 0.532. The molecule has 0 bridgehead atoms. The van der Waals surface area contributed by atoms with Crippen LogP contribution in [0.2, 0.25) is 0 Å². The van der Waals surface area contributed by atoms with Crippen molar-refractivity contribution in [3.05, 3.63) is 42.4 Å². The monoisotopic (exact) mass is 356 g/mol. The number of aliphatic imine (C=N–C) groups is 1. The fraction of sp³-hybridized carbons (Fsp3) is 0.500. The number of nitrogens with one attached hydrogen (secondary N) is 2. The zero-order valence-electron chi connectivity index (χ0n) is 16.7. The highest BCUT2D eigenvalue weighted by atomic mass is 15.3. The van der Waals surface area contributed by atoms with Gasteiger partial charge in [0.05, 0.1) is 25.0 Å². The fourth-order valence-electron chi connectivity index (χ4n) is 2.55. The standard InChI is InChI=1S/C20H32N6/c1-6-21-20(22-12-13-25(4)16(2)3)26(5)15-19-23-14-18(24-19)17-10-8-7-9-11-17/h7-11,14,16H,6,12-13,15H2,1-5H3,(H,21,22)(H,23,24). The second-order valence-corrected chi connectivity index (χ2v) is 6.78. The molecule has 2 N–H and O–H groups in total. The van der Waals surface area contributed by atoms with Gasteiger partial charge in [-0.3, -0.25) is 4.99 Å². The summed E-state index contributed by atoms with van der Waals surface area (Å²) in [7, 11) is 4.17. The van der Waals surface area contributed by atoms with E-state index in [2.05, 4.69) is 65.0 Å². The lowest BCUT2D eigenvalue weighted by Gasteiger charge is -2.23. The molecular weight excluding hydrogens is 324 g/mol. The van der Waals surface area contributed by atoms with E-state index in [1.165, 1.54) is 0 Å². The SMILES string of the molecule is CCNC(=NCCN(C)C(C)C)N(C)Cc1ncc(-c2ccccc2)[nH]1. The molecule has 0 saturated carbocycles. The lowest BCUT2D eigenvalue weighted by molar-refractivity contribution is 0.281. The number of aromatic nitrogens is 2. The quantitative estimate of drug-likeness (QED) is 0.564. The number of rotatable bonds is 8. The Morgan fingerprint density at radius 3 is 2.62 bits per heavy atom. The van der Waals surface area contributed by atoms with E-state index in [0.29, 0.717) is 12.6 Å². The van der Waals surface area contributed by atoms with Crippen molar-refractivity contribution in [3.63, 3.8) is 0 Å². The molecule has 2 aromatic rings. The number of imidazole rings is 1. The minimum atomic E-state index is 0.532. The highest BCUT2D eigenvalue weighted by molar-refractivity contribution is 5.79. The topological polar surface area (TPSA) is 59.6 Å². The second kappa shape index (κ2) is 9.97. The van der Waals surface area contributed by atoms with Crippen molar-refractivity contribution in [3.8, 4) is 11.3 Å². The van der Waals surface area contributed by atoms with Crippen LogP contribution in [0.4, 0.5) is 0 Å². The van der Waals surface area contributed by atoms with Gasteiger partial charge < -0.3 is 20.1 Å². The summed E-state index contributed by atoms with van der Waals surface area (Å²) >= 11 is 0. The summed E-state index contributed by atoms with van der Waals surface area (Å²) in [4.78, 5) is 17.1. The molecule has 1 aromatic heterocycles. The highest BCUT2D eigenvalue weighted by Gasteiger charge is 2.10. The van der Waals surface area contributed by atoms with Gasteiger partial charge in [0.25, 0.3) is 0 Å². The molecule has 1 heterocycles. The number of benzene rings is 1. The Bertz CT molecular complexity index is 677. The minimum Gasteiger partial charge on any atom is -0.357 e. The van der Waals surface area contributed by atoms with Crippen molar-refractivity contribution < 1.29 is 0 Å². The Labute approximate surface area is 157 Å². The predicted octanol–water partition coefficient (Wildman–Crippen LogP) is 2.81. The first-order valence-electron chi connectivity index (χ1n) is 9.30. The Morgan fingerprint density at radius 2 is 1.96 bits per heavy atom. The van der Waals surface area contributed by atoms with Gasteiger partial charge in [-0.2, -0.15) is 0 Å². The molecule has 0 spiro atoms. The Morgan fingerprint density at radius 1 is 1.23 bits per heavy atom. The van der Waals surface area contributed by atoms with Crippen molar-refractivity contribution in [2.45, 2.75) is 33.4 Å². The molecular formula is C20H32N6. The number of hydrogen-bond acceptors (Lipinski definition) is 3. The van der Waals surface area contributed by atoms with Gasteiger partial charge in [0.2, 0.25) is 0 Å². The summed E-state index contributed by atoms with van der Waals surface area (Å²) < 4.78 is 0. The van der Waals surface area contributed by atoms with Crippen molar-refractivity contribution in [1.82, 2.24) is 25.1 Å². The lowest BCUT2D eigenvalue weighted by atomic mass is 10.2. The lowest BCUT2D eigenvalue weighted by Crippen LogP contribution is -2.39. The first-order chi connectivity index (χ1) is 12.5. The Kier molecular flexibility index (Phi) is 7.66. The molecule has 6 heteroatoms. The van der Waals surface area contributed by atoms with Crippen LogP contribution >= 0.6 is 0 Å². The summed E-state index contributed by atoms with van der Waals surface area (Å²) in [5.41, 5.74) is 2.18. The molecule has 2 rings (SSSR count). The summed E-state index contributed by atoms with van der Waals surface area (Å²) in [5.74, 6) is 1.83. The zero-order valence-corrected chi connectivity index (χ0v) is 16.7. The van der Waals surface area contributed by atoms with E-state index in [4.69, 9.17) is 4.99 Å². The molecule has 0 aliphatic carbocycles. The van der Waals surface area contributed by atoms with Crippen LogP contribution in [-0.4, -0.2) is 65.5 Å². The van der Waals surface area contributed by atoms with E-state index in [1.807, 2.05) is 31.4 Å². The number of guanidine groups is 1. The van der Waals surface area contributed by atoms with Crippen LogP contribution < -0.4 is 5.32 Å². The number of likely N-dealkylation sites (N-methyl/N-ethyl adjacent to an activating group) is 1. The zero-order chi connectivity index (χ0) is 18.9. The molecule has 0 amide bonds. The third kappa shape index (κ3) is 5.88. The third-order valence-electron chi connectivity index (χ3n) is 4.39. The first-order valence-corrected chi connectivity index (χ1v) is 9.30. The second-order valence-electron chi connectivity index (χ2n) is 6.78. The van der Waals surface area contributed by atoms with Gasteiger partial charge in [0, 0.05) is 26.2 Å². The molecule has 0 fully saturated rings. The largest absolute Gasteiger partial charge is 0.357 e. The molecule has 142 valence electrons. The van der Waals surface area contributed by atoms with Crippen LogP contribution in [-0.2, 0) is 6.54 Å². The van der Waals surface area contributed by atoms with E-state index in [-0.39, 0.29) is 0 Å². The van der Waals surface area contributed by atoms with Crippen molar-refractivity contribution in [2.24, 2.45) is 4.99 Å². The van der Waals surface area contributed by atoms with Crippen molar-refractivity contribution in [1.29, 1.82) is 0 Å². The van der Waals surface area contributed by atoms with Gasteiger partial charge in [-0.15, -0.1) is 0 Å². The third-order valence-corrected chi connectivity index (χ3v) is 4.39. The van der Waals surface area contributed by atoms with Crippen LogP contribution in [0.25, 0.3) is 11.3 Å². The maximum absolute atomic E-state index is 4.75. The van der Waals surface area contributed by atoms with Gasteiger partial charge in [-0.05, 0) is 33.4 Å². The Balaban J connectivity index is 1.98. The van der Waals surface area contributed by atoms with Crippen LogP contribution in [0.1, 0.15) is 26.6 Å². The van der Waals surface area contributed by atoms with Gasteiger partial charge in [-0.25, -0.2) is 4.98 Å². The van der Waals surface area contributed by atoms with Crippen LogP contribution in [0.15, 0.2) is 41.5 Å². The molecule has 0 aliphatic rings. The normalized spacial score (nSPS) is 12.0. The average Bonchev–Trinajstić information content (AvgIpc) is 3.10. The van der Waals surface area contributed by atoms with E-state index in [0.717, 1.165) is 42.7 Å². The fourth-order valence-corrected chi connectivity index (χ4v) is 2.55. The molecule has 0 atom stereocenters. The number of H-pyrrole nitrogens is 1. The molecule has 0 aliphatic heterocycles.